The van der Waals surface area contributed by atoms with E-state index in [9.17, 15) is 0 Å². The molecule has 1 N–H and O–H groups in total. The first-order valence-electron chi connectivity index (χ1n) is 5.98. The predicted molar refractivity (Wildman–Crippen MR) is 62.7 cm³/mol. The molecule has 86 valence electrons. The molecule has 0 saturated carbocycles. The Kier molecular flexibility index (Phi) is 8.20. The van der Waals surface area contributed by atoms with Crippen LogP contribution in [0.15, 0.2) is 0 Å². The van der Waals surface area contributed by atoms with Crippen LogP contribution in [0.3, 0.4) is 0 Å². The summed E-state index contributed by atoms with van der Waals surface area (Å²) >= 11 is 0. The van der Waals surface area contributed by atoms with Gasteiger partial charge >= 0.3 is 0 Å². The van der Waals surface area contributed by atoms with Crippen LogP contribution in [0.25, 0.3) is 0 Å². The lowest BCUT2D eigenvalue weighted by molar-refractivity contribution is -0.00813. The number of hydrogen-bond donors (Lipinski definition) is 1. The smallest absolute Gasteiger partial charge is 0.0700 e. The van der Waals surface area contributed by atoms with Gasteiger partial charge < -0.3 is 10.1 Å². The second kappa shape index (κ2) is 8.25. The van der Waals surface area contributed by atoms with Gasteiger partial charge in [0.2, 0.25) is 0 Å². The highest BCUT2D eigenvalue weighted by atomic mass is 16.5. The van der Waals surface area contributed by atoms with Gasteiger partial charge in [0.15, 0.2) is 0 Å². The largest absolute Gasteiger partial charge is 0.374 e. The molecule has 0 heterocycles. The summed E-state index contributed by atoms with van der Waals surface area (Å²) in [7, 11) is 0. The normalized spacial score (nSPS) is 15.9. The first kappa shape index (κ1) is 13.9. The fraction of sp³-hybridized carbons (Fsp3) is 1.00. The second-order valence-electron chi connectivity index (χ2n) is 4.33. The van der Waals surface area contributed by atoms with Crippen LogP contribution < -0.4 is 5.32 Å². The molecular weight excluding hydrogens is 174 g/mol. The van der Waals surface area contributed by atoms with Gasteiger partial charge in [0.25, 0.3) is 0 Å². The lowest BCUT2D eigenvalue weighted by Gasteiger charge is -2.22. The molecule has 0 saturated heterocycles. The Bertz CT molecular complexity index is 125. The van der Waals surface area contributed by atoms with Crippen LogP contribution in [0, 0.1) is 0 Å². The van der Waals surface area contributed by atoms with Crippen molar-refractivity contribution in [3.05, 3.63) is 0 Å². The maximum atomic E-state index is 5.93. The van der Waals surface area contributed by atoms with Crippen molar-refractivity contribution in [2.24, 2.45) is 0 Å². The first-order chi connectivity index (χ1) is 6.60. The van der Waals surface area contributed by atoms with Gasteiger partial charge in [0, 0.05) is 12.6 Å². The molecule has 0 amide bonds. The molecule has 0 bridgehead atoms. The summed E-state index contributed by atoms with van der Waals surface area (Å²) in [6, 6.07) is 0.550. The van der Waals surface area contributed by atoms with Gasteiger partial charge in [-0.3, -0.25) is 0 Å². The third-order valence-electron chi connectivity index (χ3n) is 2.33. The Morgan fingerprint density at radius 2 is 1.79 bits per heavy atom. The predicted octanol–water partition coefficient (Wildman–Crippen LogP) is 2.97. The number of ether oxygens (including phenoxy) is 1. The second-order valence-corrected chi connectivity index (χ2v) is 4.33. The van der Waals surface area contributed by atoms with Gasteiger partial charge in [-0.05, 0) is 19.8 Å². The first-order valence-corrected chi connectivity index (χ1v) is 5.98. The van der Waals surface area contributed by atoms with Crippen molar-refractivity contribution < 1.29 is 4.74 Å². The van der Waals surface area contributed by atoms with Crippen LogP contribution in [0.2, 0.25) is 0 Å². The van der Waals surface area contributed by atoms with Crippen molar-refractivity contribution in [2.45, 2.75) is 72.1 Å². The molecule has 0 rings (SSSR count). The molecule has 0 spiro atoms. The molecule has 0 aromatic rings. The van der Waals surface area contributed by atoms with Gasteiger partial charge in [-0.25, -0.2) is 0 Å². The van der Waals surface area contributed by atoms with E-state index >= 15 is 0 Å². The minimum atomic E-state index is 0.374. The molecule has 0 fully saturated rings. The SMILES string of the molecule is CCCC(C)OC(CC)CNC(C)C. The highest BCUT2D eigenvalue weighted by Crippen LogP contribution is 2.07. The maximum absolute atomic E-state index is 5.93. The summed E-state index contributed by atoms with van der Waals surface area (Å²) in [4.78, 5) is 0. The summed E-state index contributed by atoms with van der Waals surface area (Å²) in [5, 5.41) is 3.42. The molecular formula is C12H27NO. The fourth-order valence-corrected chi connectivity index (χ4v) is 1.46. The van der Waals surface area contributed by atoms with Crippen LogP contribution in [0.4, 0.5) is 0 Å². The third kappa shape index (κ3) is 7.34. The summed E-state index contributed by atoms with van der Waals surface area (Å²) in [5.74, 6) is 0. The van der Waals surface area contributed by atoms with E-state index in [-0.39, 0.29) is 0 Å². The van der Waals surface area contributed by atoms with Gasteiger partial charge in [0.05, 0.1) is 12.2 Å². The molecule has 0 aliphatic heterocycles. The van der Waals surface area contributed by atoms with E-state index in [1.807, 2.05) is 0 Å². The van der Waals surface area contributed by atoms with Crippen LogP contribution in [0.5, 0.6) is 0 Å². The Balaban J connectivity index is 3.66. The standard InChI is InChI=1S/C12H27NO/c1-6-8-11(5)14-12(7-2)9-13-10(3)4/h10-13H,6-9H2,1-5H3. The van der Waals surface area contributed by atoms with Gasteiger partial charge in [-0.2, -0.15) is 0 Å². The van der Waals surface area contributed by atoms with Crippen LogP contribution in [-0.4, -0.2) is 24.8 Å². The Hall–Kier alpha value is -0.0800. The van der Waals surface area contributed by atoms with Crippen LogP contribution >= 0.6 is 0 Å². The maximum Gasteiger partial charge on any atom is 0.0700 e. The number of rotatable bonds is 8. The fourth-order valence-electron chi connectivity index (χ4n) is 1.46. The average molecular weight is 201 g/mol. The quantitative estimate of drug-likeness (QED) is 0.652. The molecule has 2 atom stereocenters. The monoisotopic (exact) mass is 201 g/mol. The molecule has 0 aliphatic rings. The van der Waals surface area contributed by atoms with Gasteiger partial charge in [-0.15, -0.1) is 0 Å². The molecule has 2 nitrogen and oxygen atoms in total. The van der Waals surface area contributed by atoms with E-state index in [4.69, 9.17) is 4.74 Å². The molecule has 14 heavy (non-hydrogen) atoms. The van der Waals surface area contributed by atoms with Gasteiger partial charge in [-0.1, -0.05) is 34.1 Å². The van der Waals surface area contributed by atoms with E-state index in [2.05, 4.69) is 39.9 Å². The molecule has 0 aliphatic carbocycles. The summed E-state index contributed by atoms with van der Waals surface area (Å²) < 4.78 is 5.93. The number of nitrogens with one attached hydrogen (secondary N) is 1. The van der Waals surface area contributed by atoms with Crippen molar-refractivity contribution >= 4 is 0 Å². The number of hydrogen-bond acceptors (Lipinski definition) is 2. The zero-order valence-corrected chi connectivity index (χ0v) is 10.5. The molecule has 2 unspecified atom stereocenters. The molecule has 0 radical (unpaired) electrons. The van der Waals surface area contributed by atoms with Crippen molar-refractivity contribution in [3.63, 3.8) is 0 Å². The zero-order chi connectivity index (χ0) is 11.0. The summed E-state index contributed by atoms with van der Waals surface area (Å²) in [6.45, 7) is 11.9. The zero-order valence-electron chi connectivity index (χ0n) is 10.5. The topological polar surface area (TPSA) is 21.3 Å². The van der Waals surface area contributed by atoms with Crippen molar-refractivity contribution in [1.29, 1.82) is 0 Å². The molecule has 0 aromatic heterocycles. The van der Waals surface area contributed by atoms with Crippen LogP contribution in [0.1, 0.15) is 53.9 Å². The highest BCUT2D eigenvalue weighted by molar-refractivity contribution is 4.64. The lowest BCUT2D eigenvalue weighted by Crippen LogP contribution is -2.34. The van der Waals surface area contributed by atoms with E-state index in [0.717, 1.165) is 19.4 Å². The van der Waals surface area contributed by atoms with E-state index < -0.39 is 0 Å². The van der Waals surface area contributed by atoms with Gasteiger partial charge in [0.1, 0.15) is 0 Å². The van der Waals surface area contributed by atoms with Crippen molar-refractivity contribution in [3.8, 4) is 0 Å². The van der Waals surface area contributed by atoms with Crippen molar-refractivity contribution in [2.75, 3.05) is 6.54 Å². The Morgan fingerprint density at radius 3 is 2.21 bits per heavy atom. The highest BCUT2D eigenvalue weighted by Gasteiger charge is 2.10. The average Bonchev–Trinajstić information content (AvgIpc) is 2.12. The van der Waals surface area contributed by atoms with E-state index in [1.54, 1.807) is 0 Å². The minimum Gasteiger partial charge on any atom is -0.374 e. The summed E-state index contributed by atoms with van der Waals surface area (Å²) in [5.41, 5.74) is 0. The lowest BCUT2D eigenvalue weighted by atomic mass is 10.2. The molecule has 2 heteroatoms. The summed E-state index contributed by atoms with van der Waals surface area (Å²) in [6.07, 6.45) is 4.24. The van der Waals surface area contributed by atoms with E-state index in [0.29, 0.717) is 18.2 Å². The molecule has 0 aromatic carbocycles. The van der Waals surface area contributed by atoms with E-state index in [1.165, 1.54) is 6.42 Å². The minimum absolute atomic E-state index is 0.374. The Morgan fingerprint density at radius 1 is 1.14 bits per heavy atom. The van der Waals surface area contributed by atoms with Crippen molar-refractivity contribution in [1.82, 2.24) is 5.32 Å². The Labute approximate surface area is 89.4 Å². The van der Waals surface area contributed by atoms with Crippen LogP contribution in [-0.2, 0) is 4.74 Å². The third-order valence-corrected chi connectivity index (χ3v) is 2.33.